The fraction of sp³-hybridized carbons (Fsp3) is 0.526. The minimum atomic E-state index is -0.0167. The smallest absolute Gasteiger partial charge is 0.318 e. The number of urea groups is 1. The summed E-state index contributed by atoms with van der Waals surface area (Å²) in [7, 11) is 0. The number of carbonyl (C=O) groups is 1. The fourth-order valence-corrected chi connectivity index (χ4v) is 3.67. The molecule has 0 saturated carbocycles. The van der Waals surface area contributed by atoms with Crippen molar-refractivity contribution in [1.82, 2.24) is 25.4 Å². The largest absolute Gasteiger partial charge is 0.332 e. The number of hydrogen-bond acceptors (Lipinski definition) is 3. The highest BCUT2D eigenvalue weighted by molar-refractivity contribution is 5.75. The Hall–Kier alpha value is -2.37. The zero-order valence-corrected chi connectivity index (χ0v) is 15.3. The Bertz CT molecular complexity index is 720. The lowest BCUT2D eigenvalue weighted by molar-refractivity contribution is 0.175. The second kappa shape index (κ2) is 7.68. The first-order chi connectivity index (χ1) is 12.1. The molecule has 2 amide bonds. The third-order valence-electron chi connectivity index (χ3n) is 5.06. The number of aromatic nitrogens is 3. The second-order valence-electron chi connectivity index (χ2n) is 6.83. The first-order valence-corrected chi connectivity index (χ1v) is 9.04. The van der Waals surface area contributed by atoms with Gasteiger partial charge in [-0.15, -0.1) is 0 Å². The Morgan fingerprint density at radius 2 is 2.16 bits per heavy atom. The molecule has 0 bridgehead atoms. The van der Waals surface area contributed by atoms with Crippen LogP contribution in [0.5, 0.6) is 0 Å². The Labute approximate surface area is 149 Å². The third-order valence-corrected chi connectivity index (χ3v) is 5.06. The highest BCUT2D eigenvalue weighted by Gasteiger charge is 2.30. The van der Waals surface area contributed by atoms with Crippen molar-refractivity contribution in [3.63, 3.8) is 0 Å². The average Bonchev–Trinajstić information content (AvgIpc) is 2.80. The number of aromatic amines is 1. The quantitative estimate of drug-likeness (QED) is 0.896. The number of aryl methyl sites for hydroxylation is 3. The first-order valence-electron chi connectivity index (χ1n) is 9.04. The molecule has 3 rings (SSSR count). The monoisotopic (exact) mass is 341 g/mol. The number of nitrogens with zero attached hydrogens (tertiary/aromatic N) is 3. The Kier molecular flexibility index (Phi) is 5.36. The van der Waals surface area contributed by atoms with Gasteiger partial charge in [-0.2, -0.15) is 5.10 Å². The number of pyridine rings is 1. The number of likely N-dealkylation sites (tertiary alicyclic amines) is 1. The topological polar surface area (TPSA) is 73.9 Å². The molecule has 6 heteroatoms. The summed E-state index contributed by atoms with van der Waals surface area (Å²) in [6.07, 6.45) is 6.09. The lowest BCUT2D eigenvalue weighted by Gasteiger charge is -2.30. The zero-order chi connectivity index (χ0) is 17.8. The van der Waals surface area contributed by atoms with Crippen LogP contribution in [-0.4, -0.2) is 32.7 Å². The maximum absolute atomic E-state index is 12.9. The van der Waals surface area contributed by atoms with Crippen molar-refractivity contribution in [3.8, 4) is 0 Å². The second-order valence-corrected chi connectivity index (χ2v) is 6.83. The minimum absolute atomic E-state index is 0.0167. The zero-order valence-electron chi connectivity index (χ0n) is 15.3. The summed E-state index contributed by atoms with van der Waals surface area (Å²) >= 11 is 0. The van der Waals surface area contributed by atoms with Crippen LogP contribution in [0, 0.1) is 20.8 Å². The molecule has 2 N–H and O–H groups in total. The van der Waals surface area contributed by atoms with E-state index < -0.39 is 0 Å². The van der Waals surface area contributed by atoms with E-state index in [0.717, 1.165) is 54.9 Å². The molecule has 1 atom stereocenters. The van der Waals surface area contributed by atoms with Crippen LogP contribution in [0.2, 0.25) is 0 Å². The SMILES string of the molecule is Cc1cccnc1CNC(=O)N1CCCCC[C@H]1c1c(C)n[nH]c1C. The van der Waals surface area contributed by atoms with Crippen molar-refractivity contribution in [2.75, 3.05) is 6.54 Å². The van der Waals surface area contributed by atoms with Gasteiger partial charge in [0.25, 0.3) is 0 Å². The van der Waals surface area contributed by atoms with Crippen molar-refractivity contribution in [2.24, 2.45) is 0 Å². The number of rotatable bonds is 3. The van der Waals surface area contributed by atoms with E-state index in [1.807, 2.05) is 37.8 Å². The lowest BCUT2D eigenvalue weighted by atomic mass is 9.99. The summed E-state index contributed by atoms with van der Waals surface area (Å²) in [5.74, 6) is 0. The minimum Gasteiger partial charge on any atom is -0.332 e. The number of nitrogens with one attached hydrogen (secondary N) is 2. The van der Waals surface area contributed by atoms with Crippen molar-refractivity contribution in [3.05, 3.63) is 46.5 Å². The Morgan fingerprint density at radius 1 is 1.32 bits per heavy atom. The van der Waals surface area contributed by atoms with Crippen LogP contribution in [-0.2, 0) is 6.54 Å². The van der Waals surface area contributed by atoms with Gasteiger partial charge in [0, 0.05) is 24.0 Å². The van der Waals surface area contributed by atoms with Crippen LogP contribution in [0.3, 0.4) is 0 Å². The molecule has 2 aromatic rings. The molecule has 0 unspecified atom stereocenters. The van der Waals surface area contributed by atoms with E-state index >= 15 is 0 Å². The van der Waals surface area contributed by atoms with E-state index in [4.69, 9.17) is 0 Å². The summed E-state index contributed by atoms with van der Waals surface area (Å²) in [5.41, 5.74) is 5.23. The summed E-state index contributed by atoms with van der Waals surface area (Å²) in [6.45, 7) is 7.30. The van der Waals surface area contributed by atoms with Crippen LogP contribution in [0.4, 0.5) is 4.79 Å². The average molecular weight is 341 g/mol. The number of amides is 2. The predicted molar refractivity (Wildman–Crippen MR) is 97.2 cm³/mol. The van der Waals surface area contributed by atoms with Crippen molar-refractivity contribution in [2.45, 2.75) is 59.0 Å². The van der Waals surface area contributed by atoms with Gasteiger partial charge in [-0.05, 0) is 45.2 Å². The van der Waals surface area contributed by atoms with Crippen LogP contribution in [0.25, 0.3) is 0 Å². The molecule has 0 spiro atoms. The van der Waals surface area contributed by atoms with E-state index in [1.54, 1.807) is 6.20 Å². The number of carbonyl (C=O) groups excluding carboxylic acids is 1. The number of H-pyrrole nitrogens is 1. The van der Waals surface area contributed by atoms with E-state index in [0.29, 0.717) is 6.54 Å². The number of hydrogen-bond donors (Lipinski definition) is 2. The van der Waals surface area contributed by atoms with E-state index in [1.165, 1.54) is 5.56 Å². The lowest BCUT2D eigenvalue weighted by Crippen LogP contribution is -2.42. The van der Waals surface area contributed by atoms with Gasteiger partial charge in [-0.1, -0.05) is 18.9 Å². The highest BCUT2D eigenvalue weighted by Crippen LogP contribution is 2.33. The van der Waals surface area contributed by atoms with E-state index in [9.17, 15) is 4.79 Å². The maximum Gasteiger partial charge on any atom is 0.318 e. The molecular formula is C19H27N5O. The van der Waals surface area contributed by atoms with Gasteiger partial charge in [0.1, 0.15) is 0 Å². The molecule has 0 radical (unpaired) electrons. The van der Waals surface area contributed by atoms with Gasteiger partial charge in [0.2, 0.25) is 0 Å². The molecule has 25 heavy (non-hydrogen) atoms. The van der Waals surface area contributed by atoms with Gasteiger partial charge in [-0.25, -0.2) is 4.79 Å². The molecule has 1 saturated heterocycles. The van der Waals surface area contributed by atoms with Gasteiger partial charge >= 0.3 is 6.03 Å². The maximum atomic E-state index is 12.9. The molecule has 2 aromatic heterocycles. The van der Waals surface area contributed by atoms with Gasteiger partial charge in [0.15, 0.2) is 0 Å². The van der Waals surface area contributed by atoms with Crippen LogP contribution in [0.15, 0.2) is 18.3 Å². The molecule has 6 nitrogen and oxygen atoms in total. The van der Waals surface area contributed by atoms with Gasteiger partial charge < -0.3 is 10.2 Å². The molecule has 0 aromatic carbocycles. The molecule has 0 aliphatic carbocycles. The van der Waals surface area contributed by atoms with E-state index in [2.05, 4.69) is 20.5 Å². The molecule has 134 valence electrons. The molecule has 3 heterocycles. The molecule has 1 fully saturated rings. The van der Waals surface area contributed by atoms with Gasteiger partial charge in [0.05, 0.1) is 24.0 Å². The highest BCUT2D eigenvalue weighted by atomic mass is 16.2. The molecular weight excluding hydrogens is 314 g/mol. The van der Waals surface area contributed by atoms with Crippen LogP contribution >= 0.6 is 0 Å². The van der Waals surface area contributed by atoms with E-state index in [-0.39, 0.29) is 12.1 Å². The summed E-state index contributed by atoms with van der Waals surface area (Å²) in [6, 6.07) is 4.00. The van der Waals surface area contributed by atoms with Gasteiger partial charge in [-0.3, -0.25) is 10.1 Å². The first kappa shape index (κ1) is 17.5. The molecule has 1 aliphatic heterocycles. The van der Waals surface area contributed by atoms with Crippen molar-refractivity contribution in [1.29, 1.82) is 0 Å². The van der Waals surface area contributed by atoms with Crippen molar-refractivity contribution >= 4 is 6.03 Å². The standard InChI is InChI=1S/C19H27N5O/c1-13-8-7-10-20-16(13)12-21-19(25)24-11-6-4-5-9-17(24)18-14(2)22-23-15(18)3/h7-8,10,17H,4-6,9,11-12H2,1-3H3,(H,21,25)(H,22,23)/t17-/m0/s1. The third kappa shape index (κ3) is 3.83. The Morgan fingerprint density at radius 3 is 2.88 bits per heavy atom. The predicted octanol–water partition coefficient (Wildman–Crippen LogP) is 3.56. The van der Waals surface area contributed by atoms with Crippen molar-refractivity contribution < 1.29 is 4.79 Å². The summed E-state index contributed by atoms with van der Waals surface area (Å²) in [5, 5.41) is 10.5. The Balaban J connectivity index is 1.77. The van der Waals surface area contributed by atoms with Crippen LogP contribution in [0.1, 0.15) is 59.9 Å². The summed E-state index contributed by atoms with van der Waals surface area (Å²) < 4.78 is 0. The molecule has 1 aliphatic rings. The normalized spacial score (nSPS) is 18.0. The van der Waals surface area contributed by atoms with Crippen LogP contribution < -0.4 is 5.32 Å². The fourth-order valence-electron chi connectivity index (χ4n) is 3.67. The summed E-state index contributed by atoms with van der Waals surface area (Å²) in [4.78, 5) is 19.3.